The van der Waals surface area contributed by atoms with E-state index in [1.165, 1.54) is 7.11 Å². The van der Waals surface area contributed by atoms with Gasteiger partial charge in [-0.1, -0.05) is 0 Å². The quantitative estimate of drug-likeness (QED) is 0.511. The molecule has 0 bridgehead atoms. The zero-order valence-corrected chi connectivity index (χ0v) is 18.6. The fourth-order valence-electron chi connectivity index (χ4n) is 3.29. The maximum absolute atomic E-state index is 14.3. The van der Waals surface area contributed by atoms with E-state index in [9.17, 15) is 22.8 Å². The van der Waals surface area contributed by atoms with Crippen LogP contribution in [0.25, 0.3) is 4.85 Å². The number of alkyl halides is 3. The van der Waals surface area contributed by atoms with E-state index in [1.807, 2.05) is 0 Å². The third kappa shape index (κ3) is 4.78. The number of ether oxygens (including phenoxy) is 2. The van der Waals surface area contributed by atoms with Crippen LogP contribution in [0.15, 0.2) is 28.0 Å². The van der Waals surface area contributed by atoms with Gasteiger partial charge in [-0.2, -0.15) is 0 Å². The summed E-state index contributed by atoms with van der Waals surface area (Å²) in [7, 11) is 1.19. The maximum Gasteiger partial charge on any atom is 0.297 e. The lowest BCUT2D eigenvalue weighted by Gasteiger charge is -2.17. The topological polar surface area (TPSA) is 103 Å². The lowest BCUT2D eigenvalue weighted by Crippen LogP contribution is -2.28. The van der Waals surface area contributed by atoms with Crippen molar-refractivity contribution >= 4 is 5.69 Å². The van der Waals surface area contributed by atoms with Crippen molar-refractivity contribution in [2.75, 3.05) is 7.11 Å². The van der Waals surface area contributed by atoms with Crippen molar-refractivity contribution in [2.24, 2.45) is 0 Å². The summed E-state index contributed by atoms with van der Waals surface area (Å²) in [6.07, 6.45) is -3.65. The molecular weight excluding hydrogens is 455 g/mol. The molecule has 0 saturated carbocycles. The lowest BCUT2D eigenvalue weighted by molar-refractivity contribution is 0.151. The summed E-state index contributed by atoms with van der Waals surface area (Å²) < 4.78 is 52.7. The van der Waals surface area contributed by atoms with Crippen molar-refractivity contribution in [2.45, 2.75) is 39.9 Å². The van der Waals surface area contributed by atoms with Crippen LogP contribution in [-0.2, 0) is 6.54 Å². The molecule has 1 aromatic carbocycles. The van der Waals surface area contributed by atoms with Crippen molar-refractivity contribution in [1.29, 1.82) is 0 Å². The van der Waals surface area contributed by atoms with Gasteiger partial charge < -0.3 is 14.5 Å². The number of halogens is 3. The van der Waals surface area contributed by atoms with E-state index in [0.717, 1.165) is 30.0 Å². The Labute approximate surface area is 191 Å². The largest absolute Gasteiger partial charge is 0.504 e. The van der Waals surface area contributed by atoms with Gasteiger partial charge in [0.25, 0.3) is 17.5 Å². The molecule has 34 heavy (non-hydrogen) atoms. The summed E-state index contributed by atoms with van der Waals surface area (Å²) in [5.74, 6) is -0.783. The van der Waals surface area contributed by atoms with Crippen molar-refractivity contribution in [3.63, 3.8) is 0 Å². The zero-order chi connectivity index (χ0) is 25.2. The standard InChI is InChI=1S/C22H20F3N5O4/c1-10(23)17-19(34-16-7-13(20(24)25)6-15(26-4)18(16)33-5)22(32)30(9-27-17)8-14-11(2)28-12(3)29-21(14)31/h6-7,9-10,20H,8H2,1-3,5H3,(H,28,29,31). The summed E-state index contributed by atoms with van der Waals surface area (Å²) in [5, 5.41) is 0. The Kier molecular flexibility index (Phi) is 7.05. The number of rotatable bonds is 7. The Morgan fingerprint density at radius 2 is 1.91 bits per heavy atom. The van der Waals surface area contributed by atoms with E-state index in [0.29, 0.717) is 11.5 Å². The van der Waals surface area contributed by atoms with Gasteiger partial charge in [-0.15, -0.1) is 0 Å². The number of benzene rings is 1. The third-order valence-corrected chi connectivity index (χ3v) is 4.92. The van der Waals surface area contributed by atoms with Gasteiger partial charge in [0.2, 0.25) is 11.4 Å². The second-order valence-corrected chi connectivity index (χ2v) is 7.31. The molecule has 3 aromatic rings. The van der Waals surface area contributed by atoms with Crippen LogP contribution in [0, 0.1) is 20.4 Å². The molecule has 2 heterocycles. The van der Waals surface area contributed by atoms with Crippen LogP contribution in [0.1, 0.15) is 47.9 Å². The Morgan fingerprint density at radius 1 is 1.21 bits per heavy atom. The van der Waals surface area contributed by atoms with E-state index >= 15 is 0 Å². The molecule has 0 amide bonds. The van der Waals surface area contributed by atoms with Crippen LogP contribution >= 0.6 is 0 Å². The van der Waals surface area contributed by atoms with Crippen molar-refractivity contribution in [1.82, 2.24) is 19.5 Å². The number of methoxy groups -OCH3 is 1. The first kappa shape index (κ1) is 24.5. The van der Waals surface area contributed by atoms with Crippen LogP contribution < -0.4 is 20.6 Å². The first-order valence-corrected chi connectivity index (χ1v) is 9.92. The number of H-pyrrole nitrogens is 1. The molecule has 0 fully saturated rings. The van der Waals surface area contributed by atoms with Gasteiger partial charge in [-0.05, 0) is 32.9 Å². The molecule has 3 rings (SSSR count). The third-order valence-electron chi connectivity index (χ3n) is 4.92. The number of nitrogens with zero attached hydrogens (tertiary/aromatic N) is 4. The van der Waals surface area contributed by atoms with Gasteiger partial charge in [-0.3, -0.25) is 14.2 Å². The first-order valence-electron chi connectivity index (χ1n) is 9.92. The molecule has 12 heteroatoms. The second-order valence-electron chi connectivity index (χ2n) is 7.31. The molecule has 1 N–H and O–H groups in total. The van der Waals surface area contributed by atoms with Crippen LogP contribution in [0.4, 0.5) is 18.9 Å². The molecule has 0 saturated heterocycles. The van der Waals surface area contributed by atoms with E-state index in [-0.39, 0.29) is 35.0 Å². The SMILES string of the molecule is [C-]#[N+]c1cc(C(F)F)cc(Oc2c(C(C)F)ncn(Cc3c(C)nc(C)[nH]c3=O)c2=O)c1OC. The van der Waals surface area contributed by atoms with Gasteiger partial charge in [0.05, 0.1) is 32.1 Å². The van der Waals surface area contributed by atoms with Gasteiger partial charge in [0.1, 0.15) is 17.7 Å². The average molecular weight is 475 g/mol. The van der Waals surface area contributed by atoms with Crippen LogP contribution in [0.5, 0.6) is 17.2 Å². The van der Waals surface area contributed by atoms with Crippen LogP contribution in [-0.4, -0.2) is 26.6 Å². The van der Waals surface area contributed by atoms with Crippen molar-refractivity contribution in [3.05, 3.63) is 78.9 Å². The van der Waals surface area contributed by atoms with Gasteiger partial charge in [0, 0.05) is 11.3 Å². The highest BCUT2D eigenvalue weighted by molar-refractivity contribution is 5.66. The predicted octanol–water partition coefficient (Wildman–Crippen LogP) is 4.31. The molecule has 0 radical (unpaired) electrons. The molecule has 178 valence electrons. The number of hydrogen-bond acceptors (Lipinski definition) is 6. The summed E-state index contributed by atoms with van der Waals surface area (Å²) in [4.78, 5) is 39.4. The summed E-state index contributed by atoms with van der Waals surface area (Å²) >= 11 is 0. The summed E-state index contributed by atoms with van der Waals surface area (Å²) in [6, 6.07) is 1.84. The number of hydrogen-bond donors (Lipinski definition) is 1. The smallest absolute Gasteiger partial charge is 0.297 e. The molecule has 9 nitrogen and oxygen atoms in total. The Balaban J connectivity index is 2.18. The van der Waals surface area contributed by atoms with Gasteiger partial charge >= 0.3 is 0 Å². The minimum Gasteiger partial charge on any atom is -0.504 e. The van der Waals surface area contributed by atoms with Crippen LogP contribution in [0.3, 0.4) is 0 Å². The van der Waals surface area contributed by atoms with Gasteiger partial charge in [-0.25, -0.2) is 28.0 Å². The predicted molar refractivity (Wildman–Crippen MR) is 116 cm³/mol. The highest BCUT2D eigenvalue weighted by Gasteiger charge is 2.24. The molecular formula is C22H20F3N5O4. The monoisotopic (exact) mass is 475 g/mol. The zero-order valence-electron chi connectivity index (χ0n) is 18.6. The normalized spacial score (nSPS) is 11.9. The van der Waals surface area contributed by atoms with Crippen molar-refractivity contribution < 1.29 is 22.6 Å². The van der Waals surface area contributed by atoms with E-state index < -0.39 is 35.0 Å². The van der Waals surface area contributed by atoms with Gasteiger partial charge in [0.15, 0.2) is 11.5 Å². The maximum atomic E-state index is 14.3. The second kappa shape index (κ2) is 9.78. The number of nitrogens with one attached hydrogen (secondary N) is 1. The minimum absolute atomic E-state index is 0.175. The number of aryl methyl sites for hydroxylation is 2. The summed E-state index contributed by atoms with van der Waals surface area (Å²) in [5.41, 5.74) is -1.99. The highest BCUT2D eigenvalue weighted by atomic mass is 19.3. The molecule has 2 aromatic heterocycles. The molecule has 0 aliphatic rings. The average Bonchev–Trinajstić information content (AvgIpc) is 2.77. The van der Waals surface area contributed by atoms with E-state index in [4.69, 9.17) is 16.0 Å². The Bertz CT molecular complexity index is 1390. The highest BCUT2D eigenvalue weighted by Crippen LogP contribution is 2.43. The number of aromatic nitrogens is 4. The minimum atomic E-state index is -2.94. The Morgan fingerprint density at radius 3 is 2.47 bits per heavy atom. The fourth-order valence-corrected chi connectivity index (χ4v) is 3.29. The molecule has 0 aliphatic carbocycles. The molecule has 0 aliphatic heterocycles. The first-order chi connectivity index (χ1) is 16.1. The van der Waals surface area contributed by atoms with Crippen molar-refractivity contribution in [3.8, 4) is 17.2 Å². The molecule has 0 spiro atoms. The van der Waals surface area contributed by atoms with Crippen LogP contribution in [0.2, 0.25) is 0 Å². The summed E-state index contributed by atoms with van der Waals surface area (Å²) in [6.45, 7) is 11.3. The van der Waals surface area contributed by atoms with E-state index in [2.05, 4.69) is 19.8 Å². The lowest BCUT2D eigenvalue weighted by atomic mass is 10.1. The van der Waals surface area contributed by atoms with E-state index in [1.54, 1.807) is 13.8 Å². The molecule has 1 unspecified atom stereocenters. The Hall–Kier alpha value is -4.14. The molecule has 1 atom stereocenters. The fraction of sp³-hybridized carbons (Fsp3) is 0.318. The number of aromatic amines is 1.